The summed E-state index contributed by atoms with van der Waals surface area (Å²) in [5.74, 6) is 0.320. The van der Waals surface area contributed by atoms with Gasteiger partial charge in [0.2, 0.25) is 0 Å². The molecule has 1 heterocycles. The van der Waals surface area contributed by atoms with Gasteiger partial charge in [0.05, 0.1) is 25.9 Å². The average Bonchev–Trinajstić information content (AvgIpc) is 2.91. The minimum atomic E-state index is -0.414. The van der Waals surface area contributed by atoms with Crippen molar-refractivity contribution in [1.82, 2.24) is 9.80 Å². The highest BCUT2D eigenvalue weighted by molar-refractivity contribution is 5.73. The molecular formula is C16H23FN2O2. The molecule has 116 valence electrons. The molecule has 5 heteroatoms. The van der Waals surface area contributed by atoms with Gasteiger partial charge in [-0.15, -0.1) is 0 Å². The Morgan fingerprint density at radius 3 is 2.62 bits per heavy atom. The number of hydrogen-bond acceptors (Lipinski definition) is 4. The first-order chi connectivity index (χ1) is 10.0. The predicted molar refractivity (Wildman–Crippen MR) is 82.0 cm³/mol. The van der Waals surface area contributed by atoms with Gasteiger partial charge in [-0.1, -0.05) is 6.58 Å². The van der Waals surface area contributed by atoms with Crippen LogP contribution >= 0.6 is 0 Å². The molecule has 1 aliphatic heterocycles. The molecule has 1 aliphatic rings. The fraction of sp³-hybridized carbons (Fsp3) is 0.500. The largest absolute Gasteiger partial charge is 0.496 e. The molecule has 0 aliphatic carbocycles. The number of rotatable bonds is 5. The van der Waals surface area contributed by atoms with Gasteiger partial charge in [-0.3, -0.25) is 4.90 Å². The molecule has 2 rings (SSSR count). The van der Waals surface area contributed by atoms with E-state index in [1.54, 1.807) is 13.2 Å². The zero-order valence-electron chi connectivity index (χ0n) is 13.1. The van der Waals surface area contributed by atoms with Gasteiger partial charge in [0, 0.05) is 12.7 Å². The highest BCUT2D eigenvalue weighted by Crippen LogP contribution is 2.38. The van der Waals surface area contributed by atoms with Crippen molar-refractivity contribution in [2.24, 2.45) is 0 Å². The molecular weight excluding hydrogens is 271 g/mol. The number of hydrogen-bond donors (Lipinski definition) is 0. The van der Waals surface area contributed by atoms with Gasteiger partial charge in [0.25, 0.3) is 0 Å². The van der Waals surface area contributed by atoms with Crippen LogP contribution in [0.15, 0.2) is 18.7 Å². The van der Waals surface area contributed by atoms with E-state index in [0.717, 1.165) is 19.4 Å². The van der Waals surface area contributed by atoms with Crippen LogP contribution in [-0.4, -0.2) is 50.8 Å². The molecule has 1 aromatic carbocycles. The second-order valence-corrected chi connectivity index (χ2v) is 5.32. The monoisotopic (exact) mass is 294 g/mol. The first kappa shape index (κ1) is 15.6. The molecule has 0 bridgehead atoms. The van der Waals surface area contributed by atoms with Gasteiger partial charge in [0.15, 0.2) is 11.6 Å². The van der Waals surface area contributed by atoms with Crippen molar-refractivity contribution in [3.05, 3.63) is 30.1 Å². The summed E-state index contributed by atoms with van der Waals surface area (Å²) in [6.07, 6.45) is 2.47. The number of ether oxygens (including phenoxy) is 2. The molecule has 0 aromatic heterocycles. The summed E-state index contributed by atoms with van der Waals surface area (Å²) < 4.78 is 24.6. The Bertz CT molecular complexity index is 533. The Balaban J connectivity index is 2.40. The smallest absolute Gasteiger partial charge is 0.167 e. The number of benzene rings is 1. The molecule has 21 heavy (non-hydrogen) atoms. The molecule has 4 nitrogen and oxygen atoms in total. The lowest BCUT2D eigenvalue weighted by atomic mass is 10.1. The van der Waals surface area contributed by atoms with E-state index in [4.69, 9.17) is 9.47 Å². The molecule has 0 amide bonds. The summed E-state index contributed by atoms with van der Waals surface area (Å²) in [6, 6.07) is 2.95. The normalized spacial score (nSPS) is 18.6. The van der Waals surface area contributed by atoms with Gasteiger partial charge in [-0.2, -0.15) is 0 Å². The van der Waals surface area contributed by atoms with E-state index in [0.29, 0.717) is 17.0 Å². The van der Waals surface area contributed by atoms with E-state index < -0.39 is 5.82 Å². The molecule has 1 aromatic rings. The van der Waals surface area contributed by atoms with Gasteiger partial charge in [-0.25, -0.2) is 4.39 Å². The topological polar surface area (TPSA) is 24.9 Å². The lowest BCUT2D eigenvalue weighted by Crippen LogP contribution is -2.39. The zero-order valence-corrected chi connectivity index (χ0v) is 13.1. The molecule has 1 fully saturated rings. The average molecular weight is 294 g/mol. The number of likely N-dealkylation sites (tertiary alicyclic amines) is 1. The van der Waals surface area contributed by atoms with Crippen LogP contribution in [0.2, 0.25) is 0 Å². The lowest BCUT2D eigenvalue weighted by molar-refractivity contribution is 0.176. The Morgan fingerprint density at radius 2 is 2.10 bits per heavy atom. The van der Waals surface area contributed by atoms with Crippen molar-refractivity contribution in [3.63, 3.8) is 0 Å². The van der Waals surface area contributed by atoms with Crippen LogP contribution in [0, 0.1) is 5.82 Å². The highest BCUT2D eigenvalue weighted by Gasteiger charge is 2.28. The van der Waals surface area contributed by atoms with Gasteiger partial charge in [-0.05, 0) is 38.6 Å². The van der Waals surface area contributed by atoms with Crippen LogP contribution in [0.1, 0.15) is 18.4 Å². The number of halogens is 1. The van der Waals surface area contributed by atoms with E-state index in [9.17, 15) is 4.39 Å². The quantitative estimate of drug-likeness (QED) is 0.834. The third kappa shape index (κ3) is 2.83. The summed E-state index contributed by atoms with van der Waals surface area (Å²) in [5, 5.41) is 0. The second kappa shape index (κ2) is 6.35. The Labute approximate surface area is 125 Å². The second-order valence-electron chi connectivity index (χ2n) is 5.32. The van der Waals surface area contributed by atoms with Crippen LogP contribution < -0.4 is 9.47 Å². The SMILES string of the molecule is C=C(c1c(OC)ccc(F)c1OC)N(C)C1CCCN1C. The molecule has 0 saturated carbocycles. The summed E-state index contributed by atoms with van der Waals surface area (Å²) in [5.41, 5.74) is 1.27. The van der Waals surface area contributed by atoms with E-state index in [1.807, 2.05) is 7.05 Å². The van der Waals surface area contributed by atoms with Crippen LogP contribution in [0.5, 0.6) is 11.5 Å². The number of methoxy groups -OCH3 is 2. The first-order valence-corrected chi connectivity index (χ1v) is 7.04. The standard InChI is InChI=1S/C16H23FN2O2/c1-11(19(3)14-7-6-10-18(14)2)15-13(20-4)9-8-12(17)16(15)21-5/h8-9,14H,1,6-7,10H2,2-5H3. The molecule has 1 saturated heterocycles. The Morgan fingerprint density at radius 1 is 1.38 bits per heavy atom. The Kier molecular flexibility index (Phi) is 4.73. The van der Waals surface area contributed by atoms with Crippen LogP contribution in [-0.2, 0) is 0 Å². The van der Waals surface area contributed by atoms with Crippen LogP contribution in [0.4, 0.5) is 4.39 Å². The minimum Gasteiger partial charge on any atom is -0.496 e. The van der Waals surface area contributed by atoms with E-state index in [-0.39, 0.29) is 11.9 Å². The molecule has 0 radical (unpaired) electrons. The molecule has 0 N–H and O–H groups in total. The first-order valence-electron chi connectivity index (χ1n) is 7.04. The van der Waals surface area contributed by atoms with E-state index in [2.05, 4.69) is 23.4 Å². The Hall–Kier alpha value is -1.75. The van der Waals surface area contributed by atoms with Gasteiger partial charge >= 0.3 is 0 Å². The highest BCUT2D eigenvalue weighted by atomic mass is 19.1. The zero-order chi connectivity index (χ0) is 15.6. The maximum Gasteiger partial charge on any atom is 0.167 e. The van der Waals surface area contributed by atoms with Crippen molar-refractivity contribution in [3.8, 4) is 11.5 Å². The van der Waals surface area contributed by atoms with Crippen LogP contribution in [0.3, 0.4) is 0 Å². The summed E-state index contributed by atoms with van der Waals surface area (Å²) in [7, 11) is 7.07. The van der Waals surface area contributed by atoms with E-state index >= 15 is 0 Å². The molecule has 1 unspecified atom stereocenters. The van der Waals surface area contributed by atoms with Gasteiger partial charge < -0.3 is 14.4 Å². The lowest BCUT2D eigenvalue weighted by Gasteiger charge is -2.34. The maximum absolute atomic E-state index is 14.0. The minimum absolute atomic E-state index is 0.173. The van der Waals surface area contributed by atoms with E-state index in [1.165, 1.54) is 13.2 Å². The van der Waals surface area contributed by atoms with Crippen molar-refractivity contribution >= 4 is 5.70 Å². The van der Waals surface area contributed by atoms with Gasteiger partial charge in [0.1, 0.15) is 5.75 Å². The molecule has 1 atom stereocenters. The maximum atomic E-state index is 14.0. The third-order valence-electron chi connectivity index (χ3n) is 4.14. The summed E-state index contributed by atoms with van der Waals surface area (Å²) >= 11 is 0. The van der Waals surface area contributed by atoms with Crippen molar-refractivity contribution < 1.29 is 13.9 Å². The predicted octanol–water partition coefficient (Wildman–Crippen LogP) is 2.80. The fourth-order valence-corrected chi connectivity index (χ4v) is 2.92. The third-order valence-corrected chi connectivity index (χ3v) is 4.14. The molecule has 0 spiro atoms. The van der Waals surface area contributed by atoms with Crippen LogP contribution in [0.25, 0.3) is 5.70 Å². The van der Waals surface area contributed by atoms with Crippen molar-refractivity contribution in [1.29, 1.82) is 0 Å². The van der Waals surface area contributed by atoms with Crippen molar-refractivity contribution in [2.75, 3.05) is 34.9 Å². The summed E-state index contributed by atoms with van der Waals surface area (Å²) in [4.78, 5) is 4.33. The summed E-state index contributed by atoms with van der Waals surface area (Å²) in [6.45, 7) is 5.19. The number of nitrogens with zero attached hydrogens (tertiary/aromatic N) is 2. The van der Waals surface area contributed by atoms with Crippen molar-refractivity contribution in [2.45, 2.75) is 19.0 Å². The fourth-order valence-electron chi connectivity index (χ4n) is 2.92.